The summed E-state index contributed by atoms with van der Waals surface area (Å²) in [6.07, 6.45) is 2.73. The van der Waals surface area contributed by atoms with Crippen molar-refractivity contribution in [3.8, 4) is 0 Å². The molecule has 0 unspecified atom stereocenters. The third-order valence-corrected chi connectivity index (χ3v) is 2.26. The number of carbonyl (C=O) groups excluding carboxylic acids is 1. The average molecular weight is 272 g/mol. The van der Waals surface area contributed by atoms with Gasteiger partial charge in [-0.2, -0.15) is 0 Å². The summed E-state index contributed by atoms with van der Waals surface area (Å²) in [5.74, 6) is -0.597. The van der Waals surface area contributed by atoms with E-state index in [2.05, 4.69) is 9.72 Å². The van der Waals surface area contributed by atoms with Gasteiger partial charge in [0.25, 0.3) is 0 Å². The molecule has 15 heavy (non-hydrogen) atoms. The summed E-state index contributed by atoms with van der Waals surface area (Å²) in [4.78, 5) is 14.9. The molecular formula is C8H9Cl3N2O2. The fourth-order valence-electron chi connectivity index (χ4n) is 0.963. The highest BCUT2D eigenvalue weighted by atomic mass is 35.5. The summed E-state index contributed by atoms with van der Waals surface area (Å²) in [6, 6.07) is -0.983. The molecule has 0 fully saturated rings. The van der Waals surface area contributed by atoms with Crippen molar-refractivity contribution in [2.24, 2.45) is 5.73 Å². The molecule has 0 spiro atoms. The first kappa shape index (κ1) is 14.5. The first-order valence-corrected chi connectivity index (χ1v) is 4.45. The van der Waals surface area contributed by atoms with E-state index in [9.17, 15) is 4.79 Å². The zero-order valence-corrected chi connectivity index (χ0v) is 10.1. The minimum absolute atomic E-state index is 0. The fourth-order valence-corrected chi connectivity index (χ4v) is 1.56. The lowest BCUT2D eigenvalue weighted by Gasteiger charge is -2.12. The molecule has 7 heteroatoms. The average Bonchev–Trinajstić information content (AvgIpc) is 2.16. The number of esters is 1. The Hall–Kier alpha value is -0.550. The van der Waals surface area contributed by atoms with Crippen LogP contribution in [0.2, 0.25) is 10.0 Å². The van der Waals surface area contributed by atoms with Gasteiger partial charge in [0.2, 0.25) is 0 Å². The van der Waals surface area contributed by atoms with Crippen LogP contribution in [-0.2, 0) is 9.53 Å². The van der Waals surface area contributed by atoms with Crippen molar-refractivity contribution in [1.82, 2.24) is 4.98 Å². The Balaban J connectivity index is 0.00000196. The number of methoxy groups -OCH3 is 1. The van der Waals surface area contributed by atoms with Gasteiger partial charge in [-0.15, -0.1) is 12.4 Å². The van der Waals surface area contributed by atoms with Gasteiger partial charge in [0.15, 0.2) is 0 Å². The lowest BCUT2D eigenvalue weighted by molar-refractivity contribution is -0.142. The van der Waals surface area contributed by atoms with Gasteiger partial charge in [0.05, 0.1) is 17.2 Å². The number of ether oxygens (including phenoxy) is 1. The van der Waals surface area contributed by atoms with Crippen molar-refractivity contribution >= 4 is 41.6 Å². The van der Waals surface area contributed by atoms with Crippen LogP contribution < -0.4 is 5.73 Å². The Bertz CT molecular complexity index is 339. The van der Waals surface area contributed by atoms with E-state index >= 15 is 0 Å². The molecule has 0 amide bonds. The van der Waals surface area contributed by atoms with Gasteiger partial charge >= 0.3 is 5.97 Å². The Morgan fingerprint density at radius 1 is 1.47 bits per heavy atom. The number of aromatic nitrogens is 1. The minimum atomic E-state index is -0.983. The highest BCUT2D eigenvalue weighted by Crippen LogP contribution is 2.28. The highest BCUT2D eigenvalue weighted by molar-refractivity contribution is 6.36. The molecule has 84 valence electrons. The smallest absolute Gasteiger partial charge is 0.327 e. The largest absolute Gasteiger partial charge is 0.468 e. The van der Waals surface area contributed by atoms with Gasteiger partial charge < -0.3 is 10.5 Å². The molecule has 0 saturated heterocycles. The van der Waals surface area contributed by atoms with Gasteiger partial charge in [-0.25, -0.2) is 0 Å². The summed E-state index contributed by atoms with van der Waals surface area (Å²) < 4.78 is 4.47. The Morgan fingerprint density at radius 3 is 2.33 bits per heavy atom. The molecule has 0 saturated carbocycles. The van der Waals surface area contributed by atoms with Crippen LogP contribution in [0.3, 0.4) is 0 Å². The van der Waals surface area contributed by atoms with E-state index in [1.807, 2.05) is 0 Å². The molecule has 0 aliphatic carbocycles. The molecule has 1 atom stereocenters. The predicted octanol–water partition coefficient (Wildman–Crippen LogP) is 1.98. The number of hydrogen-bond acceptors (Lipinski definition) is 4. The number of pyridine rings is 1. The molecule has 0 aromatic carbocycles. The molecule has 1 rings (SSSR count). The predicted molar refractivity (Wildman–Crippen MR) is 60.4 cm³/mol. The third-order valence-electron chi connectivity index (χ3n) is 1.66. The zero-order chi connectivity index (χ0) is 10.7. The van der Waals surface area contributed by atoms with E-state index in [0.29, 0.717) is 5.56 Å². The number of nitrogens with zero attached hydrogens (tertiary/aromatic N) is 1. The van der Waals surface area contributed by atoms with Gasteiger partial charge in [-0.1, -0.05) is 23.2 Å². The SMILES string of the molecule is COC(=O)[C@H](N)c1c(Cl)cncc1Cl.Cl. The lowest BCUT2D eigenvalue weighted by atomic mass is 10.1. The number of rotatable bonds is 2. The van der Waals surface area contributed by atoms with E-state index < -0.39 is 12.0 Å². The minimum Gasteiger partial charge on any atom is -0.468 e. The van der Waals surface area contributed by atoms with E-state index in [1.54, 1.807) is 0 Å². The van der Waals surface area contributed by atoms with E-state index in [-0.39, 0.29) is 22.5 Å². The molecule has 0 aliphatic heterocycles. The van der Waals surface area contributed by atoms with Gasteiger partial charge in [-0.3, -0.25) is 9.78 Å². The summed E-state index contributed by atoms with van der Waals surface area (Å²) in [5.41, 5.74) is 5.91. The number of carbonyl (C=O) groups is 1. The van der Waals surface area contributed by atoms with Crippen molar-refractivity contribution in [3.63, 3.8) is 0 Å². The van der Waals surface area contributed by atoms with Crippen molar-refractivity contribution < 1.29 is 9.53 Å². The van der Waals surface area contributed by atoms with Crippen molar-refractivity contribution in [3.05, 3.63) is 28.0 Å². The van der Waals surface area contributed by atoms with E-state index in [4.69, 9.17) is 28.9 Å². The summed E-state index contributed by atoms with van der Waals surface area (Å²) >= 11 is 11.6. The number of nitrogens with two attached hydrogens (primary N) is 1. The van der Waals surface area contributed by atoms with Crippen LogP contribution in [0.25, 0.3) is 0 Å². The molecule has 4 nitrogen and oxygen atoms in total. The second kappa shape index (κ2) is 6.12. The summed E-state index contributed by atoms with van der Waals surface area (Å²) in [6.45, 7) is 0. The Kier molecular flexibility index (Phi) is 5.90. The van der Waals surface area contributed by atoms with Crippen LogP contribution in [-0.4, -0.2) is 18.1 Å². The van der Waals surface area contributed by atoms with Crippen LogP contribution in [0, 0.1) is 0 Å². The van der Waals surface area contributed by atoms with Gasteiger partial charge in [-0.05, 0) is 0 Å². The lowest BCUT2D eigenvalue weighted by Crippen LogP contribution is -2.23. The highest BCUT2D eigenvalue weighted by Gasteiger charge is 2.22. The monoisotopic (exact) mass is 270 g/mol. The van der Waals surface area contributed by atoms with Crippen LogP contribution in [0.4, 0.5) is 0 Å². The maximum Gasteiger partial charge on any atom is 0.327 e. The van der Waals surface area contributed by atoms with Crippen LogP contribution in [0.5, 0.6) is 0 Å². The standard InChI is InChI=1S/C8H8Cl2N2O2.ClH/c1-14-8(13)7(11)6-4(9)2-12-3-5(6)10;/h2-3,7H,11H2,1H3;1H/t7-;/m1./s1. The number of halogens is 3. The molecule has 0 aliphatic rings. The molecule has 2 N–H and O–H groups in total. The second-order valence-electron chi connectivity index (χ2n) is 2.52. The quantitative estimate of drug-likeness (QED) is 0.835. The van der Waals surface area contributed by atoms with Crippen molar-refractivity contribution in [1.29, 1.82) is 0 Å². The van der Waals surface area contributed by atoms with Gasteiger partial charge in [0, 0.05) is 18.0 Å². The third kappa shape index (κ3) is 3.21. The topological polar surface area (TPSA) is 65.2 Å². The molecular weight excluding hydrogens is 262 g/mol. The maximum atomic E-state index is 11.1. The number of hydrogen-bond donors (Lipinski definition) is 1. The Labute approximate surface area is 103 Å². The first-order chi connectivity index (χ1) is 6.57. The normalized spacial score (nSPS) is 11.5. The zero-order valence-electron chi connectivity index (χ0n) is 7.74. The molecule has 1 heterocycles. The first-order valence-electron chi connectivity index (χ1n) is 3.70. The molecule has 1 aromatic rings. The molecule has 0 radical (unpaired) electrons. The van der Waals surface area contributed by atoms with Gasteiger partial charge in [0.1, 0.15) is 6.04 Å². The summed E-state index contributed by atoms with van der Waals surface area (Å²) in [7, 11) is 1.24. The molecule has 0 bridgehead atoms. The van der Waals surface area contributed by atoms with E-state index in [0.717, 1.165) is 0 Å². The fraction of sp³-hybridized carbons (Fsp3) is 0.250. The van der Waals surface area contributed by atoms with Crippen LogP contribution >= 0.6 is 35.6 Å². The Morgan fingerprint density at radius 2 is 1.93 bits per heavy atom. The second-order valence-corrected chi connectivity index (χ2v) is 3.33. The maximum absolute atomic E-state index is 11.1. The van der Waals surface area contributed by atoms with Crippen LogP contribution in [0.15, 0.2) is 12.4 Å². The molecule has 1 aromatic heterocycles. The van der Waals surface area contributed by atoms with Crippen molar-refractivity contribution in [2.75, 3.05) is 7.11 Å². The summed E-state index contributed by atoms with van der Waals surface area (Å²) in [5, 5.41) is 0.491. The van der Waals surface area contributed by atoms with Crippen LogP contribution in [0.1, 0.15) is 11.6 Å². The van der Waals surface area contributed by atoms with E-state index in [1.165, 1.54) is 19.5 Å². The van der Waals surface area contributed by atoms with Crippen molar-refractivity contribution in [2.45, 2.75) is 6.04 Å².